The maximum absolute atomic E-state index is 13.7. The fourth-order valence-corrected chi connectivity index (χ4v) is 3.15. The van der Waals surface area contributed by atoms with Gasteiger partial charge in [-0.15, -0.1) is 0 Å². The minimum absolute atomic E-state index is 0.0204. The number of carbonyl (C=O) groups excluding carboxylic acids is 1. The van der Waals surface area contributed by atoms with E-state index in [1.165, 1.54) is 62.8 Å². The number of carbonyl (C=O) groups is 1. The third-order valence-corrected chi connectivity index (χ3v) is 4.90. The molecule has 4 aromatic rings. The molecule has 1 heterocycles. The van der Waals surface area contributed by atoms with Gasteiger partial charge >= 0.3 is 12.1 Å². The van der Waals surface area contributed by atoms with Crippen LogP contribution in [0.2, 0.25) is 0 Å². The maximum atomic E-state index is 13.7. The predicted octanol–water partition coefficient (Wildman–Crippen LogP) is 5.84. The van der Waals surface area contributed by atoms with E-state index in [9.17, 15) is 22.8 Å². The molecule has 4 rings (SSSR count). The van der Waals surface area contributed by atoms with Gasteiger partial charge in [0.25, 0.3) is 5.76 Å². The molecule has 0 atom stereocenters. The summed E-state index contributed by atoms with van der Waals surface area (Å²) in [5.41, 5.74) is -1.28. The third kappa shape index (κ3) is 5.06. The van der Waals surface area contributed by atoms with Crippen molar-refractivity contribution in [3.05, 3.63) is 88.3 Å². The van der Waals surface area contributed by atoms with Crippen molar-refractivity contribution in [1.82, 2.24) is 0 Å². The number of halogens is 3. The molecule has 3 aromatic carbocycles. The number of methoxy groups -OCH3 is 2. The molecule has 0 N–H and O–H groups in total. The molecule has 180 valence electrons. The summed E-state index contributed by atoms with van der Waals surface area (Å²) in [6, 6.07) is 15.2. The van der Waals surface area contributed by atoms with Gasteiger partial charge in [0.2, 0.25) is 11.2 Å². The van der Waals surface area contributed by atoms with Gasteiger partial charge in [-0.1, -0.05) is 0 Å². The van der Waals surface area contributed by atoms with Gasteiger partial charge in [0.05, 0.1) is 25.2 Å². The predicted molar refractivity (Wildman–Crippen MR) is 119 cm³/mol. The van der Waals surface area contributed by atoms with Crippen LogP contribution in [0.1, 0.15) is 16.1 Å². The lowest BCUT2D eigenvalue weighted by molar-refractivity contribution is -0.154. The van der Waals surface area contributed by atoms with Crippen LogP contribution < -0.4 is 24.4 Å². The Morgan fingerprint density at radius 3 is 1.91 bits per heavy atom. The molecule has 0 bridgehead atoms. The number of hydrogen-bond donors (Lipinski definition) is 0. The number of fused-ring (bicyclic) bond motifs is 1. The lowest BCUT2D eigenvalue weighted by atomic mass is 10.2. The van der Waals surface area contributed by atoms with Crippen LogP contribution in [0.4, 0.5) is 13.2 Å². The summed E-state index contributed by atoms with van der Waals surface area (Å²) in [6.45, 7) is 0. The van der Waals surface area contributed by atoms with Crippen LogP contribution in [-0.2, 0) is 6.18 Å². The number of hydrogen-bond acceptors (Lipinski definition) is 7. The van der Waals surface area contributed by atoms with Gasteiger partial charge in [-0.3, -0.25) is 4.79 Å². The molecule has 0 unspecified atom stereocenters. The molecule has 0 fully saturated rings. The zero-order chi connectivity index (χ0) is 25.2. The Morgan fingerprint density at radius 2 is 1.34 bits per heavy atom. The average molecular weight is 486 g/mol. The smallest absolute Gasteiger partial charge is 0.453 e. The quantitative estimate of drug-likeness (QED) is 0.250. The molecular weight excluding hydrogens is 469 g/mol. The number of rotatable bonds is 6. The van der Waals surface area contributed by atoms with Gasteiger partial charge in [0.15, 0.2) is 0 Å². The highest BCUT2D eigenvalue weighted by Gasteiger charge is 2.40. The standard InChI is InChI=1S/C25H17F3O7/c1-31-15-5-3-14(4-6-15)24(30)34-18-11-12-19-20(13-18)35-23(25(26,27)28)22(21(19)29)33-17-9-7-16(32-2)8-10-17/h3-13H,1-2H3. The molecule has 0 amide bonds. The number of alkyl halides is 3. The van der Waals surface area contributed by atoms with E-state index in [1.807, 2.05) is 0 Å². The second-order valence-corrected chi connectivity index (χ2v) is 7.14. The van der Waals surface area contributed by atoms with Crippen LogP contribution in [0.25, 0.3) is 11.0 Å². The van der Waals surface area contributed by atoms with Crippen LogP contribution in [0.15, 0.2) is 75.9 Å². The maximum Gasteiger partial charge on any atom is 0.453 e. The lowest BCUT2D eigenvalue weighted by Gasteiger charge is -2.14. The normalized spacial score (nSPS) is 11.2. The highest BCUT2D eigenvalue weighted by molar-refractivity contribution is 5.91. The van der Waals surface area contributed by atoms with Gasteiger partial charge in [-0.05, 0) is 60.7 Å². The number of benzene rings is 3. The molecule has 0 aliphatic carbocycles. The average Bonchev–Trinajstić information content (AvgIpc) is 2.85. The first-order chi connectivity index (χ1) is 16.7. The number of esters is 1. The summed E-state index contributed by atoms with van der Waals surface area (Å²) >= 11 is 0. The molecule has 0 radical (unpaired) electrons. The van der Waals surface area contributed by atoms with Gasteiger partial charge < -0.3 is 23.4 Å². The largest absolute Gasteiger partial charge is 0.497 e. The molecule has 0 saturated heterocycles. The van der Waals surface area contributed by atoms with E-state index < -0.39 is 34.7 Å². The van der Waals surface area contributed by atoms with Crippen molar-refractivity contribution in [3.8, 4) is 28.7 Å². The van der Waals surface area contributed by atoms with Crippen LogP contribution in [-0.4, -0.2) is 20.2 Å². The first kappa shape index (κ1) is 23.7. The monoisotopic (exact) mass is 486 g/mol. The minimum Gasteiger partial charge on any atom is -0.497 e. The summed E-state index contributed by atoms with van der Waals surface area (Å²) in [6.07, 6.45) is -5.04. The number of ether oxygens (including phenoxy) is 4. The molecule has 10 heteroatoms. The van der Waals surface area contributed by atoms with E-state index in [1.54, 1.807) is 12.1 Å². The zero-order valence-corrected chi connectivity index (χ0v) is 18.3. The van der Waals surface area contributed by atoms with Crippen molar-refractivity contribution >= 4 is 16.9 Å². The van der Waals surface area contributed by atoms with E-state index in [0.717, 1.165) is 6.07 Å². The summed E-state index contributed by atoms with van der Waals surface area (Å²) in [5.74, 6) is -2.55. The molecule has 0 spiro atoms. The van der Waals surface area contributed by atoms with Gasteiger partial charge in [-0.25, -0.2) is 4.79 Å². The molecular formula is C25H17F3O7. The topological polar surface area (TPSA) is 84.2 Å². The Kier molecular flexibility index (Phi) is 6.37. The van der Waals surface area contributed by atoms with E-state index in [4.69, 9.17) is 23.4 Å². The Bertz CT molecular complexity index is 1420. The van der Waals surface area contributed by atoms with Crippen molar-refractivity contribution in [3.63, 3.8) is 0 Å². The van der Waals surface area contributed by atoms with Gasteiger partial charge in [0, 0.05) is 6.07 Å². The van der Waals surface area contributed by atoms with E-state index in [0.29, 0.717) is 11.5 Å². The third-order valence-electron chi connectivity index (χ3n) is 4.90. The summed E-state index contributed by atoms with van der Waals surface area (Å²) in [5, 5.41) is -0.189. The second kappa shape index (κ2) is 9.41. The van der Waals surface area contributed by atoms with Crippen LogP contribution >= 0.6 is 0 Å². The highest BCUT2D eigenvalue weighted by atomic mass is 19.4. The van der Waals surface area contributed by atoms with Crippen molar-refractivity contribution in [2.24, 2.45) is 0 Å². The molecule has 35 heavy (non-hydrogen) atoms. The molecule has 7 nitrogen and oxygen atoms in total. The van der Waals surface area contributed by atoms with Gasteiger partial charge in [0.1, 0.15) is 28.6 Å². The minimum atomic E-state index is -5.04. The Morgan fingerprint density at radius 1 is 0.800 bits per heavy atom. The first-order valence-electron chi connectivity index (χ1n) is 10.1. The summed E-state index contributed by atoms with van der Waals surface area (Å²) in [4.78, 5) is 25.3. The first-order valence-corrected chi connectivity index (χ1v) is 10.1. The van der Waals surface area contributed by atoms with E-state index >= 15 is 0 Å². The summed E-state index contributed by atoms with van der Waals surface area (Å²) in [7, 11) is 2.90. The van der Waals surface area contributed by atoms with Crippen molar-refractivity contribution < 1.29 is 41.3 Å². The SMILES string of the molecule is COc1ccc(Oc2c(C(F)(F)F)oc3cc(OC(=O)c4ccc(OC)cc4)ccc3c2=O)cc1. The highest BCUT2D eigenvalue weighted by Crippen LogP contribution is 2.39. The fourth-order valence-electron chi connectivity index (χ4n) is 3.15. The van der Waals surface area contributed by atoms with Crippen LogP contribution in [0.3, 0.4) is 0 Å². The van der Waals surface area contributed by atoms with Crippen LogP contribution in [0.5, 0.6) is 28.7 Å². The van der Waals surface area contributed by atoms with E-state index in [2.05, 4.69) is 0 Å². The Hall–Kier alpha value is -4.47. The van der Waals surface area contributed by atoms with Crippen LogP contribution in [0, 0.1) is 0 Å². The Labute approximate surface area is 196 Å². The lowest BCUT2D eigenvalue weighted by Crippen LogP contribution is -2.15. The van der Waals surface area contributed by atoms with E-state index in [-0.39, 0.29) is 22.4 Å². The zero-order valence-electron chi connectivity index (χ0n) is 18.3. The fraction of sp³-hybridized carbons (Fsp3) is 0.120. The van der Waals surface area contributed by atoms with Gasteiger partial charge in [-0.2, -0.15) is 13.2 Å². The van der Waals surface area contributed by atoms with Crippen molar-refractivity contribution in [2.75, 3.05) is 14.2 Å². The molecule has 0 aliphatic rings. The summed E-state index contributed by atoms with van der Waals surface area (Å²) < 4.78 is 66.8. The van der Waals surface area contributed by atoms with Crippen molar-refractivity contribution in [1.29, 1.82) is 0 Å². The van der Waals surface area contributed by atoms with Crippen molar-refractivity contribution in [2.45, 2.75) is 6.18 Å². The molecule has 1 aromatic heterocycles. The second-order valence-electron chi connectivity index (χ2n) is 7.14. The Balaban J connectivity index is 1.70. The molecule has 0 aliphatic heterocycles. The molecule has 0 saturated carbocycles.